The van der Waals surface area contributed by atoms with E-state index in [1.165, 1.54) is 12.4 Å². The largest absolute Gasteiger partial charge is 0.464 e. The highest BCUT2D eigenvalue weighted by atomic mass is 16.5. The van der Waals surface area contributed by atoms with Gasteiger partial charge >= 0.3 is 11.9 Å². The molecule has 0 bridgehead atoms. The number of rotatable bonds is 10. The van der Waals surface area contributed by atoms with Crippen molar-refractivity contribution < 1.29 is 38.2 Å². The molecule has 12 nitrogen and oxygen atoms in total. The molecule has 1 fully saturated rings. The summed E-state index contributed by atoms with van der Waals surface area (Å²) in [5, 5.41) is 1.09. The van der Waals surface area contributed by atoms with Crippen molar-refractivity contribution in [3.8, 4) is 0 Å². The number of benzene rings is 1. The first kappa shape index (κ1) is 31.3. The number of nitrogens with zero attached hydrogens (tertiary/aromatic N) is 4. The Morgan fingerprint density at radius 1 is 0.729 bits per heavy atom. The summed E-state index contributed by atoms with van der Waals surface area (Å²) < 4.78 is 10.6. The van der Waals surface area contributed by atoms with E-state index >= 15 is 0 Å². The monoisotopic (exact) mass is 650 g/mol. The molecule has 4 heterocycles. The number of ether oxygens (including phenoxy) is 2. The van der Waals surface area contributed by atoms with Gasteiger partial charge in [-0.05, 0) is 24.5 Å². The van der Waals surface area contributed by atoms with Gasteiger partial charge < -0.3 is 9.47 Å². The molecule has 5 aliphatic rings. The van der Waals surface area contributed by atoms with Crippen LogP contribution in [0, 0.1) is 23.7 Å². The summed E-state index contributed by atoms with van der Waals surface area (Å²) in [6, 6.07) is 3.44. The third kappa shape index (κ3) is 4.56. The van der Waals surface area contributed by atoms with E-state index in [0.29, 0.717) is 57.3 Å². The van der Waals surface area contributed by atoms with Gasteiger partial charge in [0, 0.05) is 57.3 Å². The van der Waals surface area contributed by atoms with Crippen LogP contribution in [-0.2, 0) is 28.7 Å². The number of hydrogen-bond acceptors (Lipinski definition) is 10. The molecule has 4 atom stereocenters. The fourth-order valence-electron chi connectivity index (χ4n) is 7.00. The van der Waals surface area contributed by atoms with Crippen LogP contribution in [0.2, 0.25) is 0 Å². The zero-order valence-corrected chi connectivity index (χ0v) is 27.1. The third-order valence-corrected chi connectivity index (χ3v) is 10.1. The van der Waals surface area contributed by atoms with Crippen molar-refractivity contribution in [3.05, 3.63) is 70.2 Å². The van der Waals surface area contributed by atoms with Crippen molar-refractivity contribution in [3.63, 3.8) is 0 Å². The summed E-state index contributed by atoms with van der Waals surface area (Å²) in [6.07, 6.45) is 7.68. The number of carbonyl (C=O) groups excluding carboxylic acids is 6. The summed E-state index contributed by atoms with van der Waals surface area (Å²) in [7, 11) is 0. The lowest BCUT2D eigenvalue weighted by atomic mass is 9.63. The number of fused-ring (bicyclic) bond motifs is 2. The molecule has 0 spiro atoms. The normalized spacial score (nSPS) is 21.6. The van der Waals surface area contributed by atoms with Gasteiger partial charge in [0.25, 0.3) is 23.6 Å². The SMILES string of the molecule is CCC(C)C(=O)OCCN1C(=O)C2=CC=C3c4ncc5c6c(ccc(c46)C4=NC=C(C1=O)C2C34)C(=O)N(CCOC(=O)C(C)CC)C5=O. The van der Waals surface area contributed by atoms with Crippen LogP contribution in [0.1, 0.15) is 72.5 Å². The predicted molar refractivity (Wildman–Crippen MR) is 172 cm³/mol. The third-order valence-electron chi connectivity index (χ3n) is 10.1. The molecule has 0 N–H and O–H groups in total. The molecule has 1 aromatic carbocycles. The van der Waals surface area contributed by atoms with Gasteiger partial charge in [0.1, 0.15) is 13.2 Å². The number of esters is 2. The van der Waals surface area contributed by atoms with Gasteiger partial charge in [0.2, 0.25) is 0 Å². The lowest BCUT2D eigenvalue weighted by Crippen LogP contribution is -2.52. The molecule has 12 heteroatoms. The molecular formula is C36H34N4O8. The topological polar surface area (TPSA) is 153 Å². The number of hydrogen-bond donors (Lipinski definition) is 0. The molecule has 0 saturated carbocycles. The van der Waals surface area contributed by atoms with Crippen LogP contribution in [-0.4, -0.2) is 82.4 Å². The molecule has 48 heavy (non-hydrogen) atoms. The standard InChI is InChI=1S/C36H34N4O8/c1-5-17(3)35(45)47-13-11-39-31(41)21-9-7-19-27-25(21)23(33(39)43)15-37-29(27)20-8-10-22-26-24(16-38-30(19)28(20)26)34(44)40(32(22)42)12-14-48-36(46)18(4)6-2/h7-10,15-18,25,27H,5-6,11-14H2,1-4H3. The molecule has 4 amide bonds. The number of likely N-dealkylation sites (tertiary alicyclic amines) is 1. The van der Waals surface area contributed by atoms with E-state index in [1.807, 2.05) is 13.8 Å². The molecule has 3 aliphatic heterocycles. The smallest absolute Gasteiger partial charge is 0.308 e. The van der Waals surface area contributed by atoms with E-state index in [0.717, 1.165) is 15.4 Å². The zero-order valence-electron chi connectivity index (χ0n) is 27.1. The lowest BCUT2D eigenvalue weighted by Gasteiger charge is -2.44. The Morgan fingerprint density at radius 3 is 1.94 bits per heavy atom. The van der Waals surface area contributed by atoms with Crippen LogP contribution in [0.4, 0.5) is 0 Å². The molecule has 0 radical (unpaired) electrons. The number of allylic oxidation sites excluding steroid dienone is 3. The first-order chi connectivity index (χ1) is 23.1. The molecule has 7 rings (SSSR count). The summed E-state index contributed by atoms with van der Waals surface area (Å²) in [5.74, 6) is -4.37. The molecule has 1 saturated heterocycles. The van der Waals surface area contributed by atoms with Crippen molar-refractivity contribution >= 4 is 57.6 Å². The van der Waals surface area contributed by atoms with Crippen LogP contribution in [0.25, 0.3) is 16.3 Å². The van der Waals surface area contributed by atoms with Crippen LogP contribution in [0.5, 0.6) is 0 Å². The van der Waals surface area contributed by atoms with E-state index in [9.17, 15) is 28.8 Å². The molecule has 2 aliphatic carbocycles. The number of pyridine rings is 1. The van der Waals surface area contributed by atoms with Crippen molar-refractivity contribution in [2.24, 2.45) is 28.7 Å². The van der Waals surface area contributed by atoms with Gasteiger partial charge in [-0.3, -0.25) is 48.5 Å². The molecular weight excluding hydrogens is 616 g/mol. The Labute approximate surface area is 276 Å². The van der Waals surface area contributed by atoms with Crippen LogP contribution < -0.4 is 0 Å². The summed E-state index contributed by atoms with van der Waals surface area (Å²) in [4.78, 5) is 90.7. The van der Waals surface area contributed by atoms with Gasteiger partial charge in [0.05, 0.1) is 41.9 Å². The van der Waals surface area contributed by atoms with Gasteiger partial charge in [-0.1, -0.05) is 45.9 Å². The van der Waals surface area contributed by atoms with Gasteiger partial charge in [0.15, 0.2) is 0 Å². The predicted octanol–water partition coefficient (Wildman–Crippen LogP) is 3.63. The first-order valence-corrected chi connectivity index (χ1v) is 16.3. The molecule has 4 unspecified atom stereocenters. The van der Waals surface area contributed by atoms with E-state index in [-0.39, 0.29) is 55.6 Å². The minimum absolute atomic E-state index is 0.0757. The van der Waals surface area contributed by atoms with Crippen LogP contribution >= 0.6 is 0 Å². The average Bonchev–Trinajstić information content (AvgIpc) is 3.10. The summed E-state index contributed by atoms with van der Waals surface area (Å²) in [6.45, 7) is 6.88. The molecule has 2 aromatic rings. The average molecular weight is 651 g/mol. The maximum atomic E-state index is 13.7. The fraction of sp³-hybridized carbons (Fsp3) is 0.389. The van der Waals surface area contributed by atoms with Crippen molar-refractivity contribution in [1.29, 1.82) is 0 Å². The first-order valence-electron chi connectivity index (χ1n) is 16.3. The zero-order chi connectivity index (χ0) is 34.0. The molecule has 1 aromatic heterocycles. The van der Waals surface area contributed by atoms with Gasteiger partial charge in [-0.15, -0.1) is 0 Å². The van der Waals surface area contributed by atoms with E-state index < -0.39 is 35.5 Å². The second-order valence-corrected chi connectivity index (χ2v) is 12.7. The Hall–Kier alpha value is -5.26. The second kappa shape index (κ2) is 11.8. The van der Waals surface area contributed by atoms with Crippen molar-refractivity contribution in [2.75, 3.05) is 26.3 Å². The number of imide groups is 2. The second-order valence-electron chi connectivity index (χ2n) is 12.7. The van der Waals surface area contributed by atoms with Crippen molar-refractivity contribution in [1.82, 2.24) is 14.8 Å². The maximum Gasteiger partial charge on any atom is 0.308 e. The van der Waals surface area contributed by atoms with E-state index in [4.69, 9.17) is 19.5 Å². The van der Waals surface area contributed by atoms with Crippen molar-refractivity contribution in [2.45, 2.75) is 40.5 Å². The van der Waals surface area contributed by atoms with E-state index in [2.05, 4.69) is 0 Å². The van der Waals surface area contributed by atoms with Gasteiger partial charge in [-0.25, -0.2) is 0 Å². The molecule has 246 valence electrons. The van der Waals surface area contributed by atoms with Crippen LogP contribution in [0.3, 0.4) is 0 Å². The summed E-state index contributed by atoms with van der Waals surface area (Å²) >= 11 is 0. The number of carbonyl (C=O) groups is 6. The minimum atomic E-state index is -0.592. The number of aromatic nitrogens is 1. The summed E-state index contributed by atoms with van der Waals surface area (Å²) in [5.41, 5.74) is 3.96. The van der Waals surface area contributed by atoms with E-state index in [1.54, 1.807) is 38.1 Å². The lowest BCUT2D eigenvalue weighted by molar-refractivity contribution is -0.152. The number of aliphatic imine (C=N–C) groups is 1. The minimum Gasteiger partial charge on any atom is -0.464 e. The fourth-order valence-corrected chi connectivity index (χ4v) is 7.00. The van der Waals surface area contributed by atoms with Crippen LogP contribution in [0.15, 0.2) is 52.8 Å². The maximum absolute atomic E-state index is 13.7. The Kier molecular flexibility index (Phi) is 7.68. The highest BCUT2D eigenvalue weighted by Gasteiger charge is 2.52. The van der Waals surface area contributed by atoms with Gasteiger partial charge in [-0.2, -0.15) is 0 Å². The number of amides is 4. The highest BCUT2D eigenvalue weighted by molar-refractivity contribution is 6.32. The Bertz CT molecular complexity index is 1880. The quantitative estimate of drug-likeness (QED) is 0.277. The highest BCUT2D eigenvalue weighted by Crippen LogP contribution is 2.52. The Balaban J connectivity index is 1.23. The number of piperidine rings is 1. The Morgan fingerprint density at radius 2 is 1.29 bits per heavy atom.